The van der Waals surface area contributed by atoms with Crippen LogP contribution in [-0.2, 0) is 9.84 Å². The lowest BCUT2D eigenvalue weighted by molar-refractivity contribution is 0.600. The minimum absolute atomic E-state index is 0.416. The van der Waals surface area contributed by atoms with Gasteiger partial charge in [0.1, 0.15) is 0 Å². The zero-order chi connectivity index (χ0) is 12.0. The van der Waals surface area contributed by atoms with Crippen molar-refractivity contribution >= 4 is 31.8 Å². The first-order chi connectivity index (χ1) is 8.07. The topological polar surface area (TPSA) is 46.2 Å². The minimum Gasteiger partial charge on any atom is -0.309 e. The van der Waals surface area contributed by atoms with Crippen molar-refractivity contribution in [3.63, 3.8) is 0 Å². The van der Waals surface area contributed by atoms with Crippen molar-refractivity contribution in [2.75, 3.05) is 6.54 Å². The molecule has 3 nitrogen and oxygen atoms in total. The molecule has 1 fully saturated rings. The molecule has 1 heterocycles. The lowest BCUT2D eigenvalue weighted by atomic mass is 10.2. The van der Waals surface area contributed by atoms with Gasteiger partial charge in [-0.1, -0.05) is 22.0 Å². The molecule has 0 spiro atoms. The van der Waals surface area contributed by atoms with E-state index in [-0.39, 0.29) is 0 Å². The van der Waals surface area contributed by atoms with Gasteiger partial charge >= 0.3 is 0 Å². The van der Waals surface area contributed by atoms with Crippen LogP contribution in [0.1, 0.15) is 18.4 Å². The number of nitrogens with one attached hydrogen (secondary N) is 1. The molecular formula is C12H12BrNO2S. The summed E-state index contributed by atoms with van der Waals surface area (Å²) in [6.45, 7) is 0.444. The zero-order valence-corrected chi connectivity index (χ0v) is 11.5. The number of rotatable bonds is 3. The van der Waals surface area contributed by atoms with E-state index in [0.29, 0.717) is 22.4 Å². The molecule has 1 aromatic rings. The molecule has 2 aliphatic rings. The first kappa shape index (κ1) is 11.4. The predicted octanol–water partition coefficient (Wildman–Crippen LogP) is 2.33. The quantitative estimate of drug-likeness (QED) is 0.931. The molecule has 0 bridgehead atoms. The summed E-state index contributed by atoms with van der Waals surface area (Å²) in [5, 5.41) is 3.24. The fraction of sp³-hybridized carbons (Fsp3) is 0.333. The Morgan fingerprint density at radius 3 is 2.82 bits per heavy atom. The molecule has 17 heavy (non-hydrogen) atoms. The van der Waals surface area contributed by atoms with E-state index in [4.69, 9.17) is 0 Å². The Hall–Kier alpha value is -0.650. The molecule has 0 saturated heterocycles. The Kier molecular flexibility index (Phi) is 2.65. The van der Waals surface area contributed by atoms with Crippen LogP contribution in [0.5, 0.6) is 0 Å². The van der Waals surface area contributed by atoms with Crippen molar-refractivity contribution in [1.82, 2.24) is 5.32 Å². The number of halogens is 1. The summed E-state index contributed by atoms with van der Waals surface area (Å²) >= 11 is 3.31. The highest BCUT2D eigenvalue weighted by atomic mass is 79.9. The summed E-state index contributed by atoms with van der Waals surface area (Å²) in [5.74, 6) is 0. The maximum Gasteiger partial charge on any atom is 0.204 e. The Bertz CT molecular complexity index is 603. The van der Waals surface area contributed by atoms with Crippen LogP contribution in [-0.4, -0.2) is 21.0 Å². The Balaban J connectivity index is 1.93. The average molecular weight is 314 g/mol. The third kappa shape index (κ3) is 2.07. The number of sulfone groups is 1. The van der Waals surface area contributed by atoms with Gasteiger partial charge in [-0.15, -0.1) is 0 Å². The van der Waals surface area contributed by atoms with Crippen LogP contribution < -0.4 is 5.32 Å². The first-order valence-electron chi connectivity index (χ1n) is 5.56. The van der Waals surface area contributed by atoms with Gasteiger partial charge < -0.3 is 5.32 Å². The molecule has 5 heteroatoms. The summed E-state index contributed by atoms with van der Waals surface area (Å²) in [6.07, 6.45) is 4.09. The van der Waals surface area contributed by atoms with Gasteiger partial charge in [0.2, 0.25) is 9.84 Å². The van der Waals surface area contributed by atoms with E-state index < -0.39 is 9.84 Å². The van der Waals surface area contributed by atoms with Crippen molar-refractivity contribution in [3.8, 4) is 0 Å². The Labute approximate surface area is 109 Å². The molecule has 1 aliphatic carbocycles. The minimum atomic E-state index is -3.27. The van der Waals surface area contributed by atoms with Gasteiger partial charge in [0.25, 0.3) is 0 Å². The molecule has 0 amide bonds. The van der Waals surface area contributed by atoms with Crippen molar-refractivity contribution in [2.24, 2.45) is 0 Å². The highest BCUT2D eigenvalue weighted by Crippen LogP contribution is 2.34. The highest BCUT2D eigenvalue weighted by Gasteiger charge is 2.31. The normalized spacial score (nSPS) is 21.1. The van der Waals surface area contributed by atoms with Gasteiger partial charge in [0.15, 0.2) is 0 Å². The van der Waals surface area contributed by atoms with Crippen LogP contribution in [0.3, 0.4) is 0 Å². The maximum atomic E-state index is 12.2. The second-order valence-corrected chi connectivity index (χ2v) is 7.34. The number of hydrogen-bond donors (Lipinski definition) is 1. The molecule has 0 unspecified atom stereocenters. The molecule has 1 N–H and O–H groups in total. The van der Waals surface area contributed by atoms with Crippen LogP contribution in [0.4, 0.5) is 0 Å². The van der Waals surface area contributed by atoms with Crippen LogP contribution >= 0.6 is 15.9 Å². The van der Waals surface area contributed by atoms with E-state index in [0.717, 1.165) is 22.9 Å². The van der Waals surface area contributed by atoms with Gasteiger partial charge in [0.05, 0.1) is 9.80 Å². The molecule has 0 radical (unpaired) electrons. The van der Waals surface area contributed by atoms with E-state index in [1.165, 1.54) is 0 Å². The molecule has 1 saturated carbocycles. The van der Waals surface area contributed by atoms with Crippen molar-refractivity contribution in [1.29, 1.82) is 0 Å². The maximum absolute atomic E-state index is 12.2. The number of benzene rings is 1. The molecule has 90 valence electrons. The van der Waals surface area contributed by atoms with Crippen LogP contribution in [0.15, 0.2) is 32.5 Å². The van der Waals surface area contributed by atoms with Crippen molar-refractivity contribution in [2.45, 2.75) is 23.8 Å². The SMILES string of the molecule is O=S1(=O)C(CNC2CC2)=Cc2ccc(Br)cc21. The number of fused-ring (bicyclic) bond motifs is 1. The van der Waals surface area contributed by atoms with Crippen LogP contribution in [0.2, 0.25) is 0 Å². The molecular weight excluding hydrogens is 302 g/mol. The average Bonchev–Trinajstić information content (AvgIpc) is 3.05. The Morgan fingerprint density at radius 2 is 2.12 bits per heavy atom. The smallest absolute Gasteiger partial charge is 0.204 e. The van der Waals surface area contributed by atoms with E-state index in [1.54, 1.807) is 12.1 Å². The molecule has 1 aliphatic heterocycles. The van der Waals surface area contributed by atoms with Gasteiger partial charge in [-0.2, -0.15) is 0 Å². The summed E-state index contributed by atoms with van der Waals surface area (Å²) in [4.78, 5) is 0.900. The standard InChI is InChI=1S/C12H12BrNO2S/c13-9-2-1-8-5-11(7-14-10-3-4-10)17(15,16)12(8)6-9/h1-2,5-6,10,14H,3-4,7H2. The fourth-order valence-electron chi connectivity index (χ4n) is 1.93. The van der Waals surface area contributed by atoms with E-state index >= 15 is 0 Å². The van der Waals surface area contributed by atoms with E-state index in [9.17, 15) is 8.42 Å². The second-order valence-electron chi connectivity index (χ2n) is 4.45. The largest absolute Gasteiger partial charge is 0.309 e. The molecule has 1 aromatic carbocycles. The van der Waals surface area contributed by atoms with Crippen LogP contribution in [0.25, 0.3) is 6.08 Å². The lowest BCUT2D eigenvalue weighted by Crippen LogP contribution is -2.21. The summed E-state index contributed by atoms with van der Waals surface area (Å²) in [5.41, 5.74) is 0.792. The van der Waals surface area contributed by atoms with E-state index in [1.807, 2.05) is 12.1 Å². The lowest BCUT2D eigenvalue weighted by Gasteiger charge is -2.05. The van der Waals surface area contributed by atoms with Gasteiger partial charge in [0, 0.05) is 17.1 Å². The second kappa shape index (κ2) is 3.93. The monoisotopic (exact) mass is 313 g/mol. The van der Waals surface area contributed by atoms with Gasteiger partial charge in [-0.3, -0.25) is 0 Å². The Morgan fingerprint density at radius 1 is 1.35 bits per heavy atom. The molecule has 0 aromatic heterocycles. The summed E-state index contributed by atoms with van der Waals surface area (Å²) < 4.78 is 25.3. The molecule has 0 atom stereocenters. The van der Waals surface area contributed by atoms with Crippen molar-refractivity contribution < 1.29 is 8.42 Å². The van der Waals surface area contributed by atoms with Gasteiger partial charge in [-0.05, 0) is 36.6 Å². The van der Waals surface area contributed by atoms with Crippen LogP contribution in [0, 0.1) is 0 Å². The molecule has 3 rings (SSSR count). The van der Waals surface area contributed by atoms with E-state index in [2.05, 4.69) is 21.2 Å². The fourth-order valence-corrected chi connectivity index (χ4v) is 4.00. The third-order valence-corrected chi connectivity index (χ3v) is 5.45. The third-order valence-electron chi connectivity index (χ3n) is 3.07. The summed E-state index contributed by atoms with van der Waals surface area (Å²) in [6, 6.07) is 5.88. The van der Waals surface area contributed by atoms with Gasteiger partial charge in [-0.25, -0.2) is 8.42 Å². The first-order valence-corrected chi connectivity index (χ1v) is 7.83. The number of hydrogen-bond acceptors (Lipinski definition) is 3. The van der Waals surface area contributed by atoms with Crippen molar-refractivity contribution in [3.05, 3.63) is 33.1 Å². The predicted molar refractivity (Wildman–Crippen MR) is 70.3 cm³/mol. The highest BCUT2D eigenvalue weighted by molar-refractivity contribution is 9.10. The zero-order valence-electron chi connectivity index (χ0n) is 9.11. The summed E-state index contributed by atoms with van der Waals surface area (Å²) in [7, 11) is -3.27.